The summed E-state index contributed by atoms with van der Waals surface area (Å²) in [6.45, 7) is 11.0. The van der Waals surface area contributed by atoms with Gasteiger partial charge in [0.05, 0.1) is 11.4 Å². The zero-order valence-electron chi connectivity index (χ0n) is 15.5. The third-order valence-electron chi connectivity index (χ3n) is 5.07. The van der Waals surface area contributed by atoms with Gasteiger partial charge in [-0.05, 0) is 39.3 Å². The van der Waals surface area contributed by atoms with E-state index in [-0.39, 0.29) is 11.9 Å². The van der Waals surface area contributed by atoms with E-state index >= 15 is 0 Å². The fourth-order valence-electron chi connectivity index (χ4n) is 3.67. The van der Waals surface area contributed by atoms with Crippen molar-refractivity contribution in [2.75, 3.05) is 31.1 Å². The zero-order chi connectivity index (χ0) is 18.1. The van der Waals surface area contributed by atoms with Gasteiger partial charge in [0.1, 0.15) is 16.5 Å². The van der Waals surface area contributed by atoms with Crippen LogP contribution in [0.4, 0.5) is 5.82 Å². The molecule has 3 rings (SSSR count). The predicted octanol–water partition coefficient (Wildman–Crippen LogP) is 2.26. The van der Waals surface area contributed by atoms with Crippen LogP contribution in [0.3, 0.4) is 0 Å². The Hall–Kier alpha value is -1.73. The van der Waals surface area contributed by atoms with E-state index in [1.54, 1.807) is 18.3 Å². The third-order valence-corrected chi connectivity index (χ3v) is 6.17. The minimum atomic E-state index is 0.147. The monoisotopic (exact) mass is 361 g/mol. The largest absolute Gasteiger partial charge is 0.354 e. The number of aromatic nitrogens is 2. The Morgan fingerprint density at radius 1 is 1.40 bits per heavy atom. The number of rotatable bonds is 5. The molecule has 1 fully saturated rings. The lowest BCUT2D eigenvalue weighted by Crippen LogP contribution is -2.40. The average molecular weight is 362 g/mol. The number of amides is 1. The van der Waals surface area contributed by atoms with Crippen LogP contribution in [-0.2, 0) is 11.2 Å². The highest BCUT2D eigenvalue weighted by Crippen LogP contribution is 2.36. The fourth-order valence-corrected chi connectivity index (χ4v) is 4.71. The fraction of sp³-hybridized carbons (Fsp3) is 0.611. The lowest BCUT2D eigenvalue weighted by molar-refractivity contribution is -0.130. The van der Waals surface area contributed by atoms with Crippen molar-refractivity contribution in [3.05, 3.63) is 16.3 Å². The van der Waals surface area contributed by atoms with Gasteiger partial charge in [-0.1, -0.05) is 0 Å². The van der Waals surface area contributed by atoms with E-state index in [9.17, 15) is 4.79 Å². The van der Waals surface area contributed by atoms with Crippen LogP contribution in [0.15, 0.2) is 0 Å². The van der Waals surface area contributed by atoms with E-state index in [0.717, 1.165) is 47.9 Å². The first-order valence-electron chi connectivity index (χ1n) is 8.95. The van der Waals surface area contributed by atoms with Crippen molar-refractivity contribution in [1.82, 2.24) is 14.9 Å². The lowest BCUT2D eigenvalue weighted by Gasteiger charge is -2.27. The van der Waals surface area contributed by atoms with Gasteiger partial charge < -0.3 is 15.5 Å². The quantitative estimate of drug-likeness (QED) is 0.884. The number of thiophene rings is 1. The number of fused-ring (bicyclic) bond motifs is 1. The summed E-state index contributed by atoms with van der Waals surface area (Å²) in [5.74, 6) is 1.97. The summed E-state index contributed by atoms with van der Waals surface area (Å²) in [6.07, 6.45) is 1.66. The maximum absolute atomic E-state index is 11.9. The van der Waals surface area contributed by atoms with Crippen molar-refractivity contribution in [1.29, 1.82) is 0 Å². The van der Waals surface area contributed by atoms with Crippen LogP contribution in [-0.4, -0.2) is 53.0 Å². The Kier molecular flexibility index (Phi) is 5.24. The normalized spacial score (nSPS) is 17.5. The summed E-state index contributed by atoms with van der Waals surface area (Å²) in [7, 11) is 0. The van der Waals surface area contributed by atoms with E-state index in [4.69, 9.17) is 15.7 Å². The van der Waals surface area contributed by atoms with Gasteiger partial charge in [-0.15, -0.1) is 11.3 Å². The molecule has 0 aliphatic carbocycles. The van der Waals surface area contributed by atoms with Crippen LogP contribution in [0.2, 0.25) is 0 Å². The SMILES string of the molecule is CCN(C(C)=O)[C@H]1CCN(c2nc(CCN)nc3sc(C)c(C)c23)C1. The van der Waals surface area contributed by atoms with Gasteiger partial charge in [0.2, 0.25) is 5.91 Å². The first-order chi connectivity index (χ1) is 12.0. The van der Waals surface area contributed by atoms with Gasteiger partial charge >= 0.3 is 0 Å². The second-order valence-corrected chi connectivity index (χ2v) is 7.86. The summed E-state index contributed by atoms with van der Waals surface area (Å²) in [6, 6.07) is 0.255. The molecule has 0 spiro atoms. The molecule has 2 N–H and O–H groups in total. The Bertz CT molecular complexity index is 787. The van der Waals surface area contributed by atoms with Gasteiger partial charge in [0.25, 0.3) is 0 Å². The molecule has 6 nitrogen and oxygen atoms in total. The molecule has 1 atom stereocenters. The number of aryl methyl sites for hydroxylation is 2. The van der Waals surface area contributed by atoms with Crippen LogP contribution >= 0.6 is 11.3 Å². The maximum atomic E-state index is 11.9. The van der Waals surface area contributed by atoms with E-state index in [0.29, 0.717) is 13.0 Å². The number of nitrogens with two attached hydrogens (primary N) is 1. The van der Waals surface area contributed by atoms with Crippen molar-refractivity contribution < 1.29 is 4.79 Å². The molecule has 0 aromatic carbocycles. The summed E-state index contributed by atoms with van der Waals surface area (Å²) in [5, 5.41) is 1.16. The number of carbonyl (C=O) groups is 1. The smallest absolute Gasteiger partial charge is 0.219 e. The molecule has 1 amide bonds. The van der Waals surface area contributed by atoms with E-state index in [1.165, 1.54) is 10.4 Å². The van der Waals surface area contributed by atoms with Crippen LogP contribution in [0, 0.1) is 13.8 Å². The first-order valence-corrected chi connectivity index (χ1v) is 9.76. The second-order valence-electron chi connectivity index (χ2n) is 6.66. The van der Waals surface area contributed by atoms with Gasteiger partial charge in [-0.2, -0.15) is 0 Å². The van der Waals surface area contributed by atoms with E-state index in [1.807, 2.05) is 11.8 Å². The standard InChI is InChI=1S/C18H27N5OS/c1-5-23(13(4)24)14-7-9-22(10-14)17-16-11(2)12(3)25-18(16)21-15(20-17)6-8-19/h14H,5-10,19H2,1-4H3/t14-/m0/s1. The first kappa shape index (κ1) is 18.1. The van der Waals surface area contributed by atoms with Crippen LogP contribution in [0.25, 0.3) is 10.2 Å². The molecule has 1 saturated heterocycles. The Balaban J connectivity index is 1.99. The van der Waals surface area contributed by atoms with E-state index in [2.05, 4.69) is 18.7 Å². The van der Waals surface area contributed by atoms with Crippen molar-refractivity contribution in [3.63, 3.8) is 0 Å². The minimum Gasteiger partial charge on any atom is -0.354 e. The molecule has 0 unspecified atom stereocenters. The summed E-state index contributed by atoms with van der Waals surface area (Å²) >= 11 is 1.73. The van der Waals surface area contributed by atoms with Crippen LogP contribution < -0.4 is 10.6 Å². The molecule has 1 aliphatic rings. The molecular formula is C18H27N5OS. The number of carbonyl (C=O) groups excluding carboxylic acids is 1. The van der Waals surface area contributed by atoms with Crippen LogP contribution in [0.1, 0.15) is 36.5 Å². The van der Waals surface area contributed by atoms with Crippen molar-refractivity contribution in [2.24, 2.45) is 5.73 Å². The van der Waals surface area contributed by atoms with E-state index < -0.39 is 0 Å². The van der Waals surface area contributed by atoms with Gasteiger partial charge in [0, 0.05) is 37.9 Å². The highest BCUT2D eigenvalue weighted by atomic mass is 32.1. The molecule has 0 radical (unpaired) electrons. The molecular weight excluding hydrogens is 334 g/mol. The predicted molar refractivity (Wildman–Crippen MR) is 103 cm³/mol. The van der Waals surface area contributed by atoms with Crippen molar-refractivity contribution >= 4 is 33.3 Å². The van der Waals surface area contributed by atoms with Crippen molar-refractivity contribution in [3.8, 4) is 0 Å². The van der Waals surface area contributed by atoms with Gasteiger partial charge in [0.15, 0.2) is 0 Å². The third kappa shape index (κ3) is 3.35. The number of nitrogens with zero attached hydrogens (tertiary/aromatic N) is 4. The number of likely N-dealkylation sites (N-methyl/N-ethyl adjacent to an activating group) is 1. The van der Waals surface area contributed by atoms with Gasteiger partial charge in [-0.25, -0.2) is 9.97 Å². The maximum Gasteiger partial charge on any atom is 0.219 e. The molecule has 1 aliphatic heterocycles. The Morgan fingerprint density at radius 3 is 2.80 bits per heavy atom. The Labute approximate surface area is 153 Å². The number of hydrogen-bond donors (Lipinski definition) is 1. The summed E-state index contributed by atoms with van der Waals surface area (Å²) in [5.41, 5.74) is 6.98. The molecule has 0 saturated carbocycles. The Morgan fingerprint density at radius 2 is 2.16 bits per heavy atom. The highest BCUT2D eigenvalue weighted by Gasteiger charge is 2.31. The molecule has 136 valence electrons. The highest BCUT2D eigenvalue weighted by molar-refractivity contribution is 7.18. The summed E-state index contributed by atoms with van der Waals surface area (Å²) < 4.78 is 0. The van der Waals surface area contributed by atoms with Gasteiger partial charge in [-0.3, -0.25) is 4.79 Å². The molecule has 3 heterocycles. The second kappa shape index (κ2) is 7.25. The topological polar surface area (TPSA) is 75.4 Å². The molecule has 0 bridgehead atoms. The lowest BCUT2D eigenvalue weighted by atomic mass is 10.2. The number of anilines is 1. The average Bonchev–Trinajstić information content (AvgIpc) is 3.14. The van der Waals surface area contributed by atoms with Crippen molar-refractivity contribution in [2.45, 2.75) is 46.6 Å². The molecule has 25 heavy (non-hydrogen) atoms. The molecule has 2 aromatic rings. The molecule has 2 aromatic heterocycles. The molecule has 7 heteroatoms. The minimum absolute atomic E-state index is 0.147. The summed E-state index contributed by atoms with van der Waals surface area (Å²) in [4.78, 5) is 28.1. The number of hydrogen-bond acceptors (Lipinski definition) is 6. The van der Waals surface area contributed by atoms with Crippen LogP contribution in [0.5, 0.6) is 0 Å². The zero-order valence-corrected chi connectivity index (χ0v) is 16.3.